The maximum atomic E-state index is 12.6. The third kappa shape index (κ3) is 4.47. The average molecular weight is 390 g/mol. The number of amides is 1. The molecule has 1 amide bonds. The van der Waals surface area contributed by atoms with Gasteiger partial charge in [-0.1, -0.05) is 53.2 Å². The molecular weight excluding hydrogens is 364 g/mol. The first-order valence-corrected chi connectivity index (χ1v) is 10.1. The Bertz CT molecular complexity index is 973. The number of para-hydroxylation sites is 1. The number of anilines is 1. The van der Waals surface area contributed by atoms with Crippen molar-refractivity contribution < 1.29 is 9.32 Å². The molecule has 1 aromatic heterocycles. The first kappa shape index (κ1) is 19.2. The molecule has 0 aliphatic carbocycles. The van der Waals surface area contributed by atoms with Crippen molar-refractivity contribution in [3.8, 4) is 11.4 Å². The molecule has 2 aromatic carbocycles. The fraction of sp³-hybridized carbons (Fsp3) is 0.348. The Kier molecular flexibility index (Phi) is 5.60. The molecule has 1 aliphatic heterocycles. The SMILES string of the molecule is Cc1ccc(-c2noc(CCC(=O)N3CCN(c4ccccc4C)CC3)n2)cc1. The van der Waals surface area contributed by atoms with Gasteiger partial charge in [-0.2, -0.15) is 4.98 Å². The van der Waals surface area contributed by atoms with E-state index in [4.69, 9.17) is 4.52 Å². The second kappa shape index (κ2) is 8.47. The molecule has 0 spiro atoms. The highest BCUT2D eigenvalue weighted by atomic mass is 16.5. The van der Waals surface area contributed by atoms with Crippen molar-refractivity contribution in [2.24, 2.45) is 0 Å². The Labute approximate surface area is 171 Å². The molecule has 0 radical (unpaired) electrons. The molecule has 0 unspecified atom stereocenters. The molecule has 0 bridgehead atoms. The van der Waals surface area contributed by atoms with Gasteiger partial charge in [-0.15, -0.1) is 0 Å². The van der Waals surface area contributed by atoms with E-state index >= 15 is 0 Å². The van der Waals surface area contributed by atoms with E-state index in [0.29, 0.717) is 24.6 Å². The monoisotopic (exact) mass is 390 g/mol. The van der Waals surface area contributed by atoms with Gasteiger partial charge in [0.2, 0.25) is 17.6 Å². The van der Waals surface area contributed by atoms with Crippen LogP contribution in [0.15, 0.2) is 53.1 Å². The molecule has 1 saturated heterocycles. The molecule has 0 saturated carbocycles. The molecule has 0 N–H and O–H groups in total. The van der Waals surface area contributed by atoms with Gasteiger partial charge in [-0.25, -0.2) is 0 Å². The van der Waals surface area contributed by atoms with Crippen molar-refractivity contribution in [1.29, 1.82) is 0 Å². The zero-order chi connectivity index (χ0) is 20.2. The topological polar surface area (TPSA) is 62.5 Å². The largest absolute Gasteiger partial charge is 0.368 e. The number of benzene rings is 2. The van der Waals surface area contributed by atoms with Crippen LogP contribution in [0.1, 0.15) is 23.4 Å². The van der Waals surface area contributed by atoms with E-state index in [-0.39, 0.29) is 5.91 Å². The van der Waals surface area contributed by atoms with Gasteiger partial charge in [0.15, 0.2) is 0 Å². The van der Waals surface area contributed by atoms with Crippen molar-refractivity contribution in [2.45, 2.75) is 26.7 Å². The van der Waals surface area contributed by atoms with E-state index in [0.717, 1.165) is 31.7 Å². The van der Waals surface area contributed by atoms with Crippen LogP contribution < -0.4 is 4.90 Å². The van der Waals surface area contributed by atoms with Crippen LogP contribution >= 0.6 is 0 Å². The lowest BCUT2D eigenvalue weighted by Crippen LogP contribution is -2.49. The standard InChI is InChI=1S/C23H26N4O2/c1-17-7-9-19(10-8-17)23-24-21(29-25-23)11-12-22(28)27-15-13-26(14-16-27)20-6-4-3-5-18(20)2/h3-10H,11-16H2,1-2H3. The van der Waals surface area contributed by atoms with Gasteiger partial charge in [0.05, 0.1) is 0 Å². The number of hydrogen-bond donors (Lipinski definition) is 0. The number of carbonyl (C=O) groups is 1. The van der Waals surface area contributed by atoms with E-state index in [1.807, 2.05) is 36.1 Å². The Morgan fingerprint density at radius 1 is 1.00 bits per heavy atom. The third-order valence-corrected chi connectivity index (χ3v) is 5.42. The van der Waals surface area contributed by atoms with Crippen LogP contribution in [0.5, 0.6) is 0 Å². The third-order valence-electron chi connectivity index (χ3n) is 5.42. The molecule has 3 aromatic rings. The number of rotatable bonds is 5. The van der Waals surface area contributed by atoms with E-state index in [2.05, 4.69) is 46.2 Å². The summed E-state index contributed by atoms with van der Waals surface area (Å²) in [6.45, 7) is 7.36. The Morgan fingerprint density at radius 2 is 1.72 bits per heavy atom. The Hall–Kier alpha value is -3.15. The van der Waals surface area contributed by atoms with Crippen LogP contribution in [0.3, 0.4) is 0 Å². The summed E-state index contributed by atoms with van der Waals surface area (Å²) in [5.74, 6) is 1.22. The molecule has 6 nitrogen and oxygen atoms in total. The van der Waals surface area contributed by atoms with E-state index in [1.54, 1.807) is 0 Å². The lowest BCUT2D eigenvalue weighted by Gasteiger charge is -2.36. The van der Waals surface area contributed by atoms with Crippen molar-refractivity contribution in [1.82, 2.24) is 15.0 Å². The fourth-order valence-corrected chi connectivity index (χ4v) is 3.66. The molecule has 1 fully saturated rings. The first-order chi connectivity index (χ1) is 14.1. The van der Waals surface area contributed by atoms with Crippen molar-refractivity contribution in [3.63, 3.8) is 0 Å². The number of aromatic nitrogens is 2. The normalized spacial score (nSPS) is 14.3. The summed E-state index contributed by atoms with van der Waals surface area (Å²) in [7, 11) is 0. The Morgan fingerprint density at radius 3 is 2.45 bits per heavy atom. The first-order valence-electron chi connectivity index (χ1n) is 10.1. The van der Waals surface area contributed by atoms with Crippen molar-refractivity contribution in [3.05, 3.63) is 65.5 Å². The van der Waals surface area contributed by atoms with Crippen LogP contribution in [0.2, 0.25) is 0 Å². The lowest BCUT2D eigenvalue weighted by molar-refractivity contribution is -0.131. The fourth-order valence-electron chi connectivity index (χ4n) is 3.66. The molecule has 29 heavy (non-hydrogen) atoms. The number of carbonyl (C=O) groups excluding carboxylic acids is 1. The lowest BCUT2D eigenvalue weighted by atomic mass is 10.1. The summed E-state index contributed by atoms with van der Waals surface area (Å²) in [4.78, 5) is 21.3. The van der Waals surface area contributed by atoms with Crippen LogP contribution in [0.4, 0.5) is 5.69 Å². The number of aryl methyl sites for hydroxylation is 3. The van der Waals surface area contributed by atoms with Gasteiger partial charge >= 0.3 is 0 Å². The van der Waals surface area contributed by atoms with Crippen molar-refractivity contribution in [2.75, 3.05) is 31.1 Å². The summed E-state index contributed by atoms with van der Waals surface area (Å²) >= 11 is 0. The minimum Gasteiger partial charge on any atom is -0.368 e. The zero-order valence-corrected chi connectivity index (χ0v) is 17.0. The second-order valence-electron chi connectivity index (χ2n) is 7.53. The van der Waals surface area contributed by atoms with Crippen LogP contribution in [0, 0.1) is 13.8 Å². The maximum Gasteiger partial charge on any atom is 0.227 e. The average Bonchev–Trinajstić information content (AvgIpc) is 3.22. The van der Waals surface area contributed by atoms with Gasteiger partial charge < -0.3 is 14.3 Å². The quantitative estimate of drug-likeness (QED) is 0.666. The zero-order valence-electron chi connectivity index (χ0n) is 17.0. The molecule has 150 valence electrons. The van der Waals surface area contributed by atoms with Gasteiger partial charge in [0.25, 0.3) is 0 Å². The van der Waals surface area contributed by atoms with Gasteiger partial charge in [0, 0.05) is 50.3 Å². The second-order valence-corrected chi connectivity index (χ2v) is 7.53. The molecular formula is C23H26N4O2. The van der Waals surface area contributed by atoms with Crippen LogP contribution in [-0.4, -0.2) is 47.1 Å². The smallest absolute Gasteiger partial charge is 0.227 e. The number of piperazine rings is 1. The predicted molar refractivity (Wildman–Crippen MR) is 113 cm³/mol. The van der Waals surface area contributed by atoms with Gasteiger partial charge in [-0.05, 0) is 25.5 Å². The van der Waals surface area contributed by atoms with E-state index in [9.17, 15) is 4.79 Å². The van der Waals surface area contributed by atoms with E-state index in [1.165, 1.54) is 16.8 Å². The minimum atomic E-state index is 0.143. The van der Waals surface area contributed by atoms with Crippen LogP contribution in [0.25, 0.3) is 11.4 Å². The maximum absolute atomic E-state index is 12.6. The summed E-state index contributed by atoms with van der Waals surface area (Å²) < 4.78 is 5.34. The minimum absolute atomic E-state index is 0.143. The molecule has 2 heterocycles. The summed E-state index contributed by atoms with van der Waals surface area (Å²) in [5.41, 5.74) is 4.64. The summed E-state index contributed by atoms with van der Waals surface area (Å²) in [5, 5.41) is 4.04. The number of hydrogen-bond acceptors (Lipinski definition) is 5. The highest BCUT2D eigenvalue weighted by Crippen LogP contribution is 2.21. The molecule has 0 atom stereocenters. The van der Waals surface area contributed by atoms with Gasteiger partial charge in [0.1, 0.15) is 0 Å². The van der Waals surface area contributed by atoms with E-state index < -0.39 is 0 Å². The predicted octanol–water partition coefficient (Wildman–Crippen LogP) is 3.63. The molecule has 6 heteroatoms. The highest BCUT2D eigenvalue weighted by Gasteiger charge is 2.22. The van der Waals surface area contributed by atoms with Crippen molar-refractivity contribution >= 4 is 11.6 Å². The highest BCUT2D eigenvalue weighted by molar-refractivity contribution is 5.76. The summed E-state index contributed by atoms with van der Waals surface area (Å²) in [6, 6.07) is 16.4. The molecule has 4 rings (SSSR count). The Balaban J connectivity index is 1.29. The molecule has 1 aliphatic rings. The number of nitrogens with zero attached hydrogens (tertiary/aromatic N) is 4. The summed E-state index contributed by atoms with van der Waals surface area (Å²) in [6.07, 6.45) is 0.857. The van der Waals surface area contributed by atoms with Gasteiger partial charge in [-0.3, -0.25) is 4.79 Å². The van der Waals surface area contributed by atoms with Crippen LogP contribution in [-0.2, 0) is 11.2 Å².